The van der Waals surface area contributed by atoms with Crippen LogP contribution in [0.2, 0.25) is 0 Å². The maximum Gasteiger partial charge on any atom is 0.241 e. The first kappa shape index (κ1) is 25.4. The van der Waals surface area contributed by atoms with Crippen molar-refractivity contribution in [3.05, 3.63) is 65.7 Å². The number of piperidine rings is 1. The highest BCUT2D eigenvalue weighted by Crippen LogP contribution is 2.20. The Hall–Kier alpha value is -1.63. The molecule has 5 nitrogen and oxygen atoms in total. The number of halogens is 2. The van der Waals surface area contributed by atoms with E-state index in [1.807, 2.05) is 48.5 Å². The van der Waals surface area contributed by atoms with E-state index in [2.05, 4.69) is 16.3 Å². The molecule has 160 valence electrons. The van der Waals surface area contributed by atoms with E-state index in [1.54, 1.807) is 0 Å². The Morgan fingerprint density at radius 3 is 2.38 bits per heavy atom. The molecule has 1 unspecified atom stereocenters. The number of anilines is 1. The van der Waals surface area contributed by atoms with Crippen LogP contribution in [0.15, 0.2) is 54.6 Å². The summed E-state index contributed by atoms with van der Waals surface area (Å²) in [5, 5.41) is 12.2. The van der Waals surface area contributed by atoms with Crippen molar-refractivity contribution >= 4 is 36.4 Å². The molecule has 1 saturated heterocycles. The number of hydrogen-bond acceptors (Lipinski definition) is 4. The Morgan fingerprint density at radius 1 is 1.07 bits per heavy atom. The third-order valence-corrected chi connectivity index (χ3v) is 5.20. The fourth-order valence-corrected chi connectivity index (χ4v) is 3.53. The lowest BCUT2D eigenvalue weighted by Crippen LogP contribution is -2.37. The summed E-state index contributed by atoms with van der Waals surface area (Å²) in [5.41, 5.74) is 9.08. The number of aliphatic hydroxyl groups is 1. The highest BCUT2D eigenvalue weighted by molar-refractivity contribution is 5.94. The Morgan fingerprint density at radius 2 is 1.72 bits per heavy atom. The minimum absolute atomic E-state index is 0. The number of hydrogen-bond donors (Lipinski definition) is 3. The number of aliphatic hydroxyl groups excluding tert-OH is 1. The topological polar surface area (TPSA) is 78.6 Å². The Labute approximate surface area is 185 Å². The zero-order valence-corrected chi connectivity index (χ0v) is 18.1. The summed E-state index contributed by atoms with van der Waals surface area (Å²) in [6, 6.07) is 17.2. The summed E-state index contributed by atoms with van der Waals surface area (Å²) in [6.07, 6.45) is 2.61. The predicted molar refractivity (Wildman–Crippen MR) is 123 cm³/mol. The van der Waals surface area contributed by atoms with Gasteiger partial charge in [0.15, 0.2) is 0 Å². The van der Waals surface area contributed by atoms with Crippen LogP contribution in [0.25, 0.3) is 0 Å². The van der Waals surface area contributed by atoms with Crippen LogP contribution in [0, 0.1) is 5.92 Å². The van der Waals surface area contributed by atoms with Crippen molar-refractivity contribution < 1.29 is 9.90 Å². The zero-order chi connectivity index (χ0) is 19.1. The summed E-state index contributed by atoms with van der Waals surface area (Å²) in [5.74, 6) is 0.276. The smallest absolute Gasteiger partial charge is 0.241 e. The summed E-state index contributed by atoms with van der Waals surface area (Å²) in [7, 11) is 0. The minimum Gasteiger partial charge on any atom is -0.396 e. The molecular weight excluding hydrogens is 409 g/mol. The molecule has 1 atom stereocenters. The summed E-state index contributed by atoms with van der Waals surface area (Å²) in [6.45, 7) is 3.16. The molecule has 1 aliphatic heterocycles. The highest BCUT2D eigenvalue weighted by Gasteiger charge is 2.19. The molecule has 1 fully saturated rings. The van der Waals surface area contributed by atoms with Crippen LogP contribution in [0.5, 0.6) is 0 Å². The van der Waals surface area contributed by atoms with Crippen LogP contribution >= 0.6 is 24.8 Å². The molecule has 0 bridgehead atoms. The first-order valence-corrected chi connectivity index (χ1v) is 9.66. The molecule has 1 heterocycles. The Bertz CT molecular complexity index is 738. The van der Waals surface area contributed by atoms with Crippen molar-refractivity contribution in [2.45, 2.75) is 31.8 Å². The SMILES string of the molecule is Cl.Cl.NC(Cc1ccccc1)C(=O)Nc1cccc(CN2CCC(CO)CC2)c1. The lowest BCUT2D eigenvalue weighted by Gasteiger charge is -2.31. The van der Waals surface area contributed by atoms with E-state index in [4.69, 9.17) is 5.73 Å². The van der Waals surface area contributed by atoms with E-state index in [1.165, 1.54) is 5.56 Å². The van der Waals surface area contributed by atoms with Gasteiger partial charge in [-0.15, -0.1) is 24.8 Å². The van der Waals surface area contributed by atoms with Crippen LogP contribution < -0.4 is 11.1 Å². The summed E-state index contributed by atoms with van der Waals surface area (Å²) >= 11 is 0. The number of nitrogens with two attached hydrogens (primary N) is 1. The van der Waals surface area contributed by atoms with Gasteiger partial charge in [-0.25, -0.2) is 0 Å². The first-order chi connectivity index (χ1) is 13.1. The number of nitrogens with zero attached hydrogens (tertiary/aromatic N) is 1. The second-order valence-corrected chi connectivity index (χ2v) is 7.39. The number of carbonyl (C=O) groups is 1. The predicted octanol–water partition coefficient (Wildman–Crippen LogP) is 3.24. The van der Waals surface area contributed by atoms with Crippen LogP contribution in [0.1, 0.15) is 24.0 Å². The molecule has 1 aliphatic rings. The van der Waals surface area contributed by atoms with Crippen molar-refractivity contribution in [2.24, 2.45) is 11.7 Å². The van der Waals surface area contributed by atoms with Gasteiger partial charge in [-0.3, -0.25) is 9.69 Å². The van der Waals surface area contributed by atoms with Gasteiger partial charge >= 0.3 is 0 Å². The minimum atomic E-state index is -0.575. The number of amides is 1. The lowest BCUT2D eigenvalue weighted by molar-refractivity contribution is -0.117. The van der Waals surface area contributed by atoms with Gasteiger partial charge < -0.3 is 16.2 Å². The van der Waals surface area contributed by atoms with Crippen molar-refractivity contribution in [2.75, 3.05) is 25.0 Å². The van der Waals surface area contributed by atoms with E-state index in [0.717, 1.165) is 43.7 Å². The van der Waals surface area contributed by atoms with Gasteiger partial charge in [-0.1, -0.05) is 42.5 Å². The van der Waals surface area contributed by atoms with Crippen molar-refractivity contribution in [1.29, 1.82) is 0 Å². The van der Waals surface area contributed by atoms with Gasteiger partial charge in [0.2, 0.25) is 5.91 Å². The van der Waals surface area contributed by atoms with Gasteiger partial charge in [0.1, 0.15) is 0 Å². The van der Waals surface area contributed by atoms with Crippen molar-refractivity contribution in [1.82, 2.24) is 4.90 Å². The monoisotopic (exact) mass is 439 g/mol. The molecule has 0 aromatic heterocycles. The van der Waals surface area contributed by atoms with E-state index >= 15 is 0 Å². The van der Waals surface area contributed by atoms with E-state index in [0.29, 0.717) is 18.9 Å². The summed E-state index contributed by atoms with van der Waals surface area (Å²) in [4.78, 5) is 14.8. The van der Waals surface area contributed by atoms with Gasteiger partial charge in [-0.05, 0) is 61.5 Å². The molecule has 0 saturated carbocycles. The standard InChI is InChI=1S/C22H29N3O2.2ClH/c23-21(14-17-5-2-1-3-6-17)22(27)24-20-8-4-7-19(13-20)15-25-11-9-18(16-26)10-12-25;;/h1-8,13,18,21,26H,9-12,14-16,23H2,(H,24,27);2*1H. The van der Waals surface area contributed by atoms with Crippen molar-refractivity contribution in [3.8, 4) is 0 Å². The normalized spacial score (nSPS) is 15.7. The zero-order valence-electron chi connectivity index (χ0n) is 16.5. The molecule has 0 aliphatic carbocycles. The third kappa shape index (κ3) is 7.96. The van der Waals surface area contributed by atoms with Gasteiger partial charge in [-0.2, -0.15) is 0 Å². The van der Waals surface area contributed by atoms with E-state index in [-0.39, 0.29) is 30.7 Å². The van der Waals surface area contributed by atoms with E-state index in [9.17, 15) is 9.90 Å². The second kappa shape index (κ2) is 12.8. The van der Waals surface area contributed by atoms with Crippen LogP contribution in [0.3, 0.4) is 0 Å². The number of rotatable bonds is 7. The second-order valence-electron chi connectivity index (χ2n) is 7.39. The maximum absolute atomic E-state index is 12.4. The largest absolute Gasteiger partial charge is 0.396 e. The molecule has 2 aromatic carbocycles. The van der Waals surface area contributed by atoms with Crippen LogP contribution in [-0.4, -0.2) is 41.7 Å². The quantitative estimate of drug-likeness (QED) is 0.618. The number of carbonyl (C=O) groups excluding carboxylic acids is 1. The molecule has 7 heteroatoms. The fraction of sp³-hybridized carbons (Fsp3) is 0.409. The lowest BCUT2D eigenvalue weighted by atomic mass is 9.97. The molecule has 1 amide bonds. The van der Waals surface area contributed by atoms with Gasteiger partial charge in [0.05, 0.1) is 6.04 Å². The average Bonchev–Trinajstić information content (AvgIpc) is 2.69. The molecule has 29 heavy (non-hydrogen) atoms. The van der Waals surface area contributed by atoms with E-state index < -0.39 is 6.04 Å². The molecule has 2 aromatic rings. The third-order valence-electron chi connectivity index (χ3n) is 5.20. The van der Waals surface area contributed by atoms with Crippen LogP contribution in [-0.2, 0) is 17.8 Å². The molecule has 4 N–H and O–H groups in total. The number of likely N-dealkylation sites (tertiary alicyclic amines) is 1. The highest BCUT2D eigenvalue weighted by atomic mass is 35.5. The average molecular weight is 440 g/mol. The number of nitrogens with one attached hydrogen (secondary N) is 1. The molecule has 0 radical (unpaired) electrons. The maximum atomic E-state index is 12.4. The molecule has 3 rings (SSSR count). The van der Waals surface area contributed by atoms with Gasteiger partial charge in [0.25, 0.3) is 0 Å². The Kier molecular flexibility index (Phi) is 11.2. The molecule has 0 spiro atoms. The van der Waals surface area contributed by atoms with Crippen molar-refractivity contribution in [3.63, 3.8) is 0 Å². The fourth-order valence-electron chi connectivity index (χ4n) is 3.53. The first-order valence-electron chi connectivity index (χ1n) is 9.66. The Balaban J connectivity index is 0.00000210. The van der Waals surface area contributed by atoms with Gasteiger partial charge in [0, 0.05) is 18.8 Å². The van der Waals surface area contributed by atoms with Crippen LogP contribution in [0.4, 0.5) is 5.69 Å². The summed E-state index contributed by atoms with van der Waals surface area (Å²) < 4.78 is 0. The molecular formula is C22H31Cl2N3O2. The number of benzene rings is 2.